The van der Waals surface area contributed by atoms with E-state index in [1.807, 2.05) is 0 Å². The summed E-state index contributed by atoms with van der Waals surface area (Å²) in [6, 6.07) is 8.46. The standard InChI is InChI=1S/C25H20Cl2N2O6S/c1-11-9-14(6-8-17(11)34-3)20(30)18-19(13-5-7-15(26)16(27)10-13)29(23(32)21(18)31)25-28-12(2)22(36-25)24(33)35-4/h5-10,19,30H,1-4H3/b20-18+/t19-/m1/s1. The topological polar surface area (TPSA) is 106 Å². The number of nitrogens with zero attached hydrogens (tertiary/aromatic N) is 2. The van der Waals surface area contributed by atoms with Crippen LogP contribution in [0.3, 0.4) is 0 Å². The van der Waals surface area contributed by atoms with Gasteiger partial charge in [0.15, 0.2) is 5.13 Å². The van der Waals surface area contributed by atoms with Crippen LogP contribution in [-0.2, 0) is 14.3 Å². The number of rotatable bonds is 5. The Morgan fingerprint density at radius 3 is 2.42 bits per heavy atom. The van der Waals surface area contributed by atoms with E-state index in [2.05, 4.69) is 4.98 Å². The molecule has 0 spiro atoms. The molecule has 8 nitrogen and oxygen atoms in total. The second kappa shape index (κ2) is 9.93. The highest BCUT2D eigenvalue weighted by molar-refractivity contribution is 7.17. The van der Waals surface area contributed by atoms with Crippen LogP contribution in [0.5, 0.6) is 5.75 Å². The van der Waals surface area contributed by atoms with Crippen LogP contribution >= 0.6 is 34.5 Å². The Labute approximate surface area is 220 Å². The van der Waals surface area contributed by atoms with Crippen molar-refractivity contribution in [3.8, 4) is 5.75 Å². The number of amides is 1. The van der Waals surface area contributed by atoms with E-state index in [-0.39, 0.29) is 31.4 Å². The number of esters is 1. The van der Waals surface area contributed by atoms with Gasteiger partial charge < -0.3 is 14.6 Å². The van der Waals surface area contributed by atoms with E-state index in [9.17, 15) is 19.5 Å². The number of aliphatic hydroxyl groups is 1. The Balaban J connectivity index is 1.96. The van der Waals surface area contributed by atoms with Crippen LogP contribution in [0.1, 0.15) is 38.1 Å². The molecule has 1 aromatic heterocycles. The van der Waals surface area contributed by atoms with Crippen LogP contribution in [-0.4, -0.2) is 42.0 Å². The smallest absolute Gasteiger partial charge is 0.350 e. The first-order valence-corrected chi connectivity index (χ1v) is 12.1. The van der Waals surface area contributed by atoms with Gasteiger partial charge in [0.2, 0.25) is 0 Å². The Bertz CT molecular complexity index is 1450. The normalized spacial score (nSPS) is 16.9. The highest BCUT2D eigenvalue weighted by atomic mass is 35.5. The van der Waals surface area contributed by atoms with Crippen molar-refractivity contribution in [1.82, 2.24) is 4.98 Å². The molecule has 1 atom stereocenters. The zero-order valence-corrected chi connectivity index (χ0v) is 21.9. The van der Waals surface area contributed by atoms with Gasteiger partial charge in [-0.25, -0.2) is 9.78 Å². The van der Waals surface area contributed by atoms with E-state index in [4.69, 9.17) is 32.7 Å². The number of ether oxygens (including phenoxy) is 2. The summed E-state index contributed by atoms with van der Waals surface area (Å²) in [7, 11) is 2.76. The third kappa shape index (κ3) is 4.34. The van der Waals surface area contributed by atoms with Crippen molar-refractivity contribution in [2.24, 2.45) is 0 Å². The van der Waals surface area contributed by atoms with Crippen molar-refractivity contribution in [1.29, 1.82) is 0 Å². The van der Waals surface area contributed by atoms with E-state index in [1.165, 1.54) is 26.4 Å². The molecule has 1 saturated heterocycles. The summed E-state index contributed by atoms with van der Waals surface area (Å²) in [5, 5.41) is 11.9. The lowest BCUT2D eigenvalue weighted by molar-refractivity contribution is -0.132. The molecule has 4 rings (SSSR count). The molecule has 11 heteroatoms. The molecule has 2 heterocycles. The molecule has 0 radical (unpaired) electrons. The molecule has 1 aliphatic rings. The first kappa shape index (κ1) is 25.7. The minimum Gasteiger partial charge on any atom is -0.507 e. The quantitative estimate of drug-likeness (QED) is 0.195. The molecule has 1 amide bonds. The number of thiazole rings is 1. The lowest BCUT2D eigenvalue weighted by Crippen LogP contribution is -2.29. The number of aromatic nitrogens is 1. The van der Waals surface area contributed by atoms with Crippen LogP contribution in [0.25, 0.3) is 5.76 Å². The monoisotopic (exact) mass is 546 g/mol. The van der Waals surface area contributed by atoms with Crippen molar-refractivity contribution in [2.45, 2.75) is 19.9 Å². The van der Waals surface area contributed by atoms with Gasteiger partial charge in [-0.15, -0.1) is 0 Å². The van der Waals surface area contributed by atoms with Gasteiger partial charge in [-0.05, 0) is 55.3 Å². The van der Waals surface area contributed by atoms with E-state index in [0.717, 1.165) is 21.8 Å². The van der Waals surface area contributed by atoms with Gasteiger partial charge in [0.1, 0.15) is 16.4 Å². The zero-order chi connectivity index (χ0) is 26.3. The highest BCUT2D eigenvalue weighted by Crippen LogP contribution is 2.45. The Morgan fingerprint density at radius 1 is 1.08 bits per heavy atom. The van der Waals surface area contributed by atoms with Gasteiger partial charge in [0.25, 0.3) is 5.78 Å². The molecule has 3 aromatic rings. The van der Waals surface area contributed by atoms with Gasteiger partial charge in [-0.1, -0.05) is 40.6 Å². The molecule has 0 bridgehead atoms. The average molecular weight is 547 g/mol. The molecule has 36 heavy (non-hydrogen) atoms. The van der Waals surface area contributed by atoms with Crippen molar-refractivity contribution in [2.75, 3.05) is 19.1 Å². The minimum absolute atomic E-state index is 0.0935. The van der Waals surface area contributed by atoms with E-state index in [0.29, 0.717) is 22.6 Å². The van der Waals surface area contributed by atoms with Crippen molar-refractivity contribution in [3.63, 3.8) is 0 Å². The summed E-state index contributed by atoms with van der Waals surface area (Å²) in [5.41, 5.74) is 1.64. The van der Waals surface area contributed by atoms with Crippen LogP contribution in [0, 0.1) is 13.8 Å². The molecular weight excluding hydrogens is 527 g/mol. The number of carbonyl (C=O) groups is 3. The molecule has 0 unspecified atom stereocenters. The largest absolute Gasteiger partial charge is 0.507 e. The predicted molar refractivity (Wildman–Crippen MR) is 137 cm³/mol. The molecule has 186 valence electrons. The second-order valence-electron chi connectivity index (χ2n) is 7.93. The summed E-state index contributed by atoms with van der Waals surface area (Å²) < 4.78 is 10.1. The lowest BCUT2D eigenvalue weighted by atomic mass is 9.95. The van der Waals surface area contributed by atoms with Crippen LogP contribution in [0.4, 0.5) is 5.13 Å². The number of hydrogen-bond donors (Lipinski definition) is 1. The zero-order valence-electron chi connectivity index (χ0n) is 19.6. The van der Waals surface area contributed by atoms with Gasteiger partial charge in [0, 0.05) is 5.56 Å². The minimum atomic E-state index is -1.08. The number of anilines is 1. The summed E-state index contributed by atoms with van der Waals surface area (Å²) >= 11 is 13.3. The van der Waals surface area contributed by atoms with Gasteiger partial charge >= 0.3 is 11.9 Å². The third-order valence-corrected chi connectivity index (χ3v) is 7.61. The lowest BCUT2D eigenvalue weighted by Gasteiger charge is -2.23. The van der Waals surface area contributed by atoms with Crippen molar-refractivity contribution in [3.05, 3.63) is 79.3 Å². The van der Waals surface area contributed by atoms with Crippen LogP contribution in [0.2, 0.25) is 10.0 Å². The van der Waals surface area contributed by atoms with Gasteiger partial charge in [-0.2, -0.15) is 0 Å². The fraction of sp³-hybridized carbons (Fsp3) is 0.200. The summed E-state index contributed by atoms with van der Waals surface area (Å²) in [5.74, 6) is -2.22. The Hall–Kier alpha value is -3.40. The van der Waals surface area contributed by atoms with E-state index < -0.39 is 23.7 Å². The number of Topliss-reactive ketones (excluding diaryl/α,β-unsaturated/α-hetero) is 1. The van der Waals surface area contributed by atoms with Crippen molar-refractivity contribution >= 4 is 63.1 Å². The summed E-state index contributed by atoms with van der Waals surface area (Å²) in [6.45, 7) is 3.38. The molecular formula is C25H20Cl2N2O6S. The molecule has 1 N–H and O–H groups in total. The van der Waals surface area contributed by atoms with Crippen LogP contribution < -0.4 is 9.64 Å². The first-order chi connectivity index (χ1) is 17.1. The number of aliphatic hydroxyl groups excluding tert-OH is 1. The first-order valence-electron chi connectivity index (χ1n) is 10.6. The highest BCUT2D eigenvalue weighted by Gasteiger charge is 2.48. The fourth-order valence-electron chi connectivity index (χ4n) is 3.98. The SMILES string of the molecule is COC(=O)c1sc(N2C(=O)C(=O)/C(=C(/O)c3ccc(OC)c(C)c3)[C@H]2c2ccc(Cl)c(Cl)c2)nc1C. The number of hydrogen-bond acceptors (Lipinski definition) is 8. The van der Waals surface area contributed by atoms with Gasteiger partial charge in [-0.3, -0.25) is 14.5 Å². The number of benzene rings is 2. The number of aryl methyl sites for hydroxylation is 2. The molecule has 2 aromatic carbocycles. The average Bonchev–Trinajstić information content (AvgIpc) is 3.36. The maximum absolute atomic E-state index is 13.3. The molecule has 1 aliphatic heterocycles. The number of halogens is 2. The maximum atomic E-state index is 13.3. The number of methoxy groups -OCH3 is 2. The number of carbonyl (C=O) groups excluding carboxylic acids is 3. The number of ketones is 1. The van der Waals surface area contributed by atoms with Crippen molar-refractivity contribution < 1.29 is 29.0 Å². The maximum Gasteiger partial charge on any atom is 0.350 e. The predicted octanol–water partition coefficient (Wildman–Crippen LogP) is 5.49. The van der Waals surface area contributed by atoms with Crippen LogP contribution in [0.15, 0.2) is 42.0 Å². The molecule has 0 saturated carbocycles. The van der Waals surface area contributed by atoms with E-state index in [1.54, 1.807) is 38.1 Å². The summed E-state index contributed by atoms with van der Waals surface area (Å²) in [6.07, 6.45) is 0. The molecule has 1 fully saturated rings. The Kier molecular flexibility index (Phi) is 7.08. The Morgan fingerprint density at radius 2 is 1.81 bits per heavy atom. The van der Waals surface area contributed by atoms with Gasteiger partial charge in [0.05, 0.1) is 41.6 Å². The second-order valence-corrected chi connectivity index (χ2v) is 9.72. The summed E-state index contributed by atoms with van der Waals surface area (Å²) in [4.78, 5) is 44.5. The molecule has 0 aliphatic carbocycles. The third-order valence-electron chi connectivity index (χ3n) is 5.73. The van der Waals surface area contributed by atoms with E-state index >= 15 is 0 Å². The fourth-order valence-corrected chi connectivity index (χ4v) is 5.29.